The molecule has 25 heavy (non-hydrogen) atoms. The lowest BCUT2D eigenvalue weighted by Crippen LogP contribution is -2.47. The van der Waals surface area contributed by atoms with Crippen LogP contribution in [0.1, 0.15) is 43.4 Å². The first-order valence-electron chi connectivity index (χ1n) is 9.92. The van der Waals surface area contributed by atoms with E-state index in [9.17, 15) is 0 Å². The summed E-state index contributed by atoms with van der Waals surface area (Å²) >= 11 is 0. The molecule has 3 rings (SSSR count). The van der Waals surface area contributed by atoms with Crippen LogP contribution in [0.4, 0.5) is 0 Å². The molecule has 0 radical (unpaired) electrons. The minimum atomic E-state index is 0.580. The number of aryl methyl sites for hydroxylation is 1. The molecule has 0 N–H and O–H groups in total. The molecule has 0 spiro atoms. The van der Waals surface area contributed by atoms with E-state index in [0.29, 0.717) is 6.04 Å². The third-order valence-corrected chi connectivity index (χ3v) is 5.52. The van der Waals surface area contributed by atoms with Crippen molar-refractivity contribution in [3.8, 4) is 0 Å². The van der Waals surface area contributed by atoms with Crippen LogP contribution in [0.2, 0.25) is 0 Å². The normalized spacial score (nSPS) is 17.5. The van der Waals surface area contributed by atoms with Gasteiger partial charge in [0.15, 0.2) is 0 Å². The number of likely N-dealkylation sites (N-methyl/N-ethyl adjacent to an activating group) is 1. The fraction of sp³-hybridized carbons (Fsp3) is 0.478. The van der Waals surface area contributed by atoms with Gasteiger partial charge >= 0.3 is 0 Å². The van der Waals surface area contributed by atoms with Gasteiger partial charge in [-0.25, -0.2) is 0 Å². The van der Waals surface area contributed by atoms with E-state index in [2.05, 4.69) is 77.4 Å². The first kappa shape index (κ1) is 18.2. The molecule has 2 aromatic rings. The summed E-state index contributed by atoms with van der Waals surface area (Å²) in [6, 6.07) is 22.6. The lowest BCUT2D eigenvalue weighted by atomic mass is 9.97. The highest BCUT2D eigenvalue weighted by Gasteiger charge is 2.24. The summed E-state index contributed by atoms with van der Waals surface area (Å²) < 4.78 is 0. The molecular formula is C23H32N2. The van der Waals surface area contributed by atoms with Gasteiger partial charge < -0.3 is 4.90 Å². The van der Waals surface area contributed by atoms with Crippen LogP contribution in [0.25, 0.3) is 0 Å². The van der Waals surface area contributed by atoms with Gasteiger partial charge in [0, 0.05) is 32.2 Å². The zero-order chi connectivity index (χ0) is 17.3. The van der Waals surface area contributed by atoms with Crippen LogP contribution in [-0.4, -0.2) is 42.5 Å². The van der Waals surface area contributed by atoms with Crippen LogP contribution in [0.5, 0.6) is 0 Å². The average molecular weight is 337 g/mol. The molecule has 1 heterocycles. The molecule has 0 saturated carbocycles. The SMILES string of the molecule is CCN1CCN(C(CCCCc2ccccc2)c2ccccc2)CC1. The molecule has 0 aliphatic carbocycles. The van der Waals surface area contributed by atoms with Crippen LogP contribution in [-0.2, 0) is 6.42 Å². The number of unbranched alkanes of at least 4 members (excludes halogenated alkanes) is 1. The van der Waals surface area contributed by atoms with Gasteiger partial charge in [0.05, 0.1) is 0 Å². The summed E-state index contributed by atoms with van der Waals surface area (Å²) in [6.07, 6.45) is 5.04. The van der Waals surface area contributed by atoms with Gasteiger partial charge in [0.2, 0.25) is 0 Å². The van der Waals surface area contributed by atoms with Crippen molar-refractivity contribution in [1.82, 2.24) is 9.80 Å². The number of hydrogen-bond acceptors (Lipinski definition) is 2. The molecule has 0 amide bonds. The predicted molar refractivity (Wildman–Crippen MR) is 107 cm³/mol. The number of hydrogen-bond donors (Lipinski definition) is 0. The highest BCUT2D eigenvalue weighted by molar-refractivity contribution is 5.19. The fourth-order valence-corrected chi connectivity index (χ4v) is 3.94. The van der Waals surface area contributed by atoms with Crippen LogP contribution in [0.15, 0.2) is 60.7 Å². The maximum atomic E-state index is 2.71. The zero-order valence-corrected chi connectivity index (χ0v) is 15.6. The molecule has 1 saturated heterocycles. The van der Waals surface area contributed by atoms with E-state index in [4.69, 9.17) is 0 Å². The molecule has 1 fully saturated rings. The van der Waals surface area contributed by atoms with E-state index in [1.807, 2.05) is 0 Å². The van der Waals surface area contributed by atoms with Crippen molar-refractivity contribution < 1.29 is 0 Å². The van der Waals surface area contributed by atoms with Crippen LogP contribution >= 0.6 is 0 Å². The van der Waals surface area contributed by atoms with Gasteiger partial charge in [-0.2, -0.15) is 0 Å². The third kappa shape index (κ3) is 5.42. The van der Waals surface area contributed by atoms with Gasteiger partial charge in [0.1, 0.15) is 0 Å². The number of rotatable bonds is 8. The van der Waals surface area contributed by atoms with Crippen LogP contribution in [0, 0.1) is 0 Å². The predicted octanol–water partition coefficient (Wildman–Crippen LogP) is 4.78. The van der Waals surface area contributed by atoms with Crippen molar-refractivity contribution in [3.63, 3.8) is 0 Å². The van der Waals surface area contributed by atoms with Crippen LogP contribution < -0.4 is 0 Å². The average Bonchev–Trinajstić information content (AvgIpc) is 2.70. The topological polar surface area (TPSA) is 6.48 Å². The summed E-state index contributed by atoms with van der Waals surface area (Å²) in [5.41, 5.74) is 2.96. The van der Waals surface area contributed by atoms with E-state index in [-0.39, 0.29) is 0 Å². The minimum Gasteiger partial charge on any atom is -0.301 e. The Labute approximate surface area is 153 Å². The largest absolute Gasteiger partial charge is 0.301 e. The van der Waals surface area contributed by atoms with E-state index in [1.165, 1.54) is 69.5 Å². The maximum Gasteiger partial charge on any atom is 0.0349 e. The molecule has 0 aromatic heterocycles. The maximum absolute atomic E-state index is 2.71. The number of piperazine rings is 1. The third-order valence-electron chi connectivity index (χ3n) is 5.52. The molecule has 1 unspecified atom stereocenters. The summed E-state index contributed by atoms with van der Waals surface area (Å²) in [7, 11) is 0. The number of nitrogens with zero attached hydrogens (tertiary/aromatic N) is 2. The van der Waals surface area contributed by atoms with Gasteiger partial charge in [0.25, 0.3) is 0 Å². The second-order valence-corrected chi connectivity index (χ2v) is 7.13. The van der Waals surface area contributed by atoms with Crippen molar-refractivity contribution in [2.75, 3.05) is 32.7 Å². The van der Waals surface area contributed by atoms with E-state index in [0.717, 1.165) is 0 Å². The van der Waals surface area contributed by atoms with E-state index in [1.54, 1.807) is 0 Å². The Morgan fingerprint density at radius 2 is 1.44 bits per heavy atom. The van der Waals surface area contributed by atoms with Gasteiger partial charge in [-0.05, 0) is 36.9 Å². The molecule has 1 aliphatic heterocycles. The van der Waals surface area contributed by atoms with Crippen LogP contribution in [0.3, 0.4) is 0 Å². The first-order chi connectivity index (χ1) is 12.4. The molecule has 134 valence electrons. The highest BCUT2D eigenvalue weighted by Crippen LogP contribution is 2.27. The Bertz CT molecular complexity index is 588. The van der Waals surface area contributed by atoms with Gasteiger partial charge in [-0.3, -0.25) is 4.90 Å². The molecule has 2 aromatic carbocycles. The molecule has 2 nitrogen and oxygen atoms in total. The van der Waals surface area contributed by atoms with Crippen molar-refractivity contribution in [2.45, 2.75) is 38.6 Å². The molecule has 0 bridgehead atoms. The minimum absolute atomic E-state index is 0.580. The Morgan fingerprint density at radius 3 is 2.08 bits per heavy atom. The fourth-order valence-electron chi connectivity index (χ4n) is 3.94. The summed E-state index contributed by atoms with van der Waals surface area (Å²) in [4.78, 5) is 5.28. The Kier molecular flexibility index (Phi) is 7.08. The molecule has 1 aliphatic rings. The Balaban J connectivity index is 1.55. The van der Waals surface area contributed by atoms with E-state index < -0.39 is 0 Å². The van der Waals surface area contributed by atoms with Crippen molar-refractivity contribution in [3.05, 3.63) is 71.8 Å². The van der Waals surface area contributed by atoms with E-state index >= 15 is 0 Å². The quantitative estimate of drug-likeness (QED) is 0.640. The second kappa shape index (κ2) is 9.74. The van der Waals surface area contributed by atoms with Crippen molar-refractivity contribution in [1.29, 1.82) is 0 Å². The molecule has 2 heteroatoms. The number of benzene rings is 2. The van der Waals surface area contributed by atoms with Crippen molar-refractivity contribution >= 4 is 0 Å². The lowest BCUT2D eigenvalue weighted by Gasteiger charge is -2.39. The smallest absolute Gasteiger partial charge is 0.0349 e. The standard InChI is InChI=1S/C23H32N2/c1-2-24-17-19-25(20-18-24)23(22-14-7-4-8-15-22)16-10-9-13-21-11-5-3-6-12-21/h3-8,11-12,14-15,23H,2,9-10,13,16-20H2,1H3. The summed E-state index contributed by atoms with van der Waals surface area (Å²) in [5, 5.41) is 0. The Morgan fingerprint density at radius 1 is 0.800 bits per heavy atom. The first-order valence-corrected chi connectivity index (χ1v) is 9.92. The van der Waals surface area contributed by atoms with Gasteiger partial charge in [-0.15, -0.1) is 0 Å². The highest BCUT2D eigenvalue weighted by atomic mass is 15.3. The zero-order valence-electron chi connectivity index (χ0n) is 15.6. The lowest BCUT2D eigenvalue weighted by molar-refractivity contribution is 0.0938. The summed E-state index contributed by atoms with van der Waals surface area (Å²) in [6.45, 7) is 8.28. The summed E-state index contributed by atoms with van der Waals surface area (Å²) in [5.74, 6) is 0. The second-order valence-electron chi connectivity index (χ2n) is 7.13. The monoisotopic (exact) mass is 336 g/mol. The Hall–Kier alpha value is -1.64. The van der Waals surface area contributed by atoms with Crippen molar-refractivity contribution in [2.24, 2.45) is 0 Å². The molecule has 1 atom stereocenters. The molecular weight excluding hydrogens is 304 g/mol. The van der Waals surface area contributed by atoms with Gasteiger partial charge in [-0.1, -0.05) is 74.0 Å².